The lowest BCUT2D eigenvalue weighted by Gasteiger charge is -2.26. The molecule has 0 heterocycles. The molecule has 0 fully saturated rings. The first kappa shape index (κ1) is 22.1. The quantitative estimate of drug-likeness (QED) is 0.503. The molecule has 0 aliphatic rings. The smallest absolute Gasteiger partial charge is 0.115 e. The largest absolute Gasteiger partial charge is 0.508 e. The molecular weight excluding hydrogens is 336 g/mol. The zero-order valence-electron chi connectivity index (χ0n) is 16.6. The Kier molecular flexibility index (Phi) is 8.94. The third-order valence-electron chi connectivity index (χ3n) is 3.93. The summed E-state index contributed by atoms with van der Waals surface area (Å²) >= 11 is 0. The lowest BCUT2D eigenvalue weighted by molar-refractivity contribution is 0.473. The molecule has 3 heteroatoms. The molecule has 0 atom stereocenters. The Hall–Kier alpha value is -2.94. The van der Waals surface area contributed by atoms with E-state index in [4.69, 9.17) is 5.11 Å². The molecule has 3 aromatic carbocycles. The van der Waals surface area contributed by atoms with Crippen molar-refractivity contribution in [3.63, 3.8) is 0 Å². The maximum atomic E-state index is 9.30. The fourth-order valence-corrected chi connectivity index (χ4v) is 2.35. The summed E-state index contributed by atoms with van der Waals surface area (Å²) in [6, 6.07) is 23.2. The Balaban J connectivity index is 0.000000301. The van der Waals surface area contributed by atoms with E-state index in [1.807, 2.05) is 30.3 Å². The van der Waals surface area contributed by atoms with Gasteiger partial charge in [0.05, 0.1) is 0 Å². The number of para-hydroxylation sites is 1. The number of rotatable bonds is 2. The van der Waals surface area contributed by atoms with E-state index in [-0.39, 0.29) is 16.9 Å². The zero-order chi connectivity index (χ0) is 20.3. The van der Waals surface area contributed by atoms with Crippen LogP contribution in [0.2, 0.25) is 0 Å². The van der Waals surface area contributed by atoms with Crippen LogP contribution < -0.4 is 0 Å². The fraction of sp³-hybridized carbons (Fsp3) is 0.250. The maximum Gasteiger partial charge on any atom is 0.115 e. The number of benzene rings is 3. The highest BCUT2D eigenvalue weighted by Crippen LogP contribution is 2.32. The van der Waals surface area contributed by atoms with Gasteiger partial charge >= 0.3 is 0 Å². The molecule has 3 N–H and O–H groups in total. The summed E-state index contributed by atoms with van der Waals surface area (Å²) in [6.07, 6.45) is 1.25. The molecular formula is C24H30O3. The first-order valence-corrected chi connectivity index (χ1v) is 9.14. The van der Waals surface area contributed by atoms with E-state index in [0.29, 0.717) is 5.75 Å². The molecule has 0 bridgehead atoms. The number of phenolic OH excluding ortho intramolecular Hbond substituents is 3. The highest BCUT2D eigenvalue weighted by atomic mass is 16.3. The molecule has 0 aliphatic heterocycles. The minimum absolute atomic E-state index is 0.151. The predicted molar refractivity (Wildman–Crippen MR) is 112 cm³/mol. The van der Waals surface area contributed by atoms with Gasteiger partial charge in [-0.1, -0.05) is 76.6 Å². The average Bonchev–Trinajstić information content (AvgIpc) is 2.64. The van der Waals surface area contributed by atoms with Gasteiger partial charge < -0.3 is 15.3 Å². The molecule has 0 spiro atoms. The third-order valence-corrected chi connectivity index (χ3v) is 3.93. The van der Waals surface area contributed by atoms with Crippen molar-refractivity contribution in [3.05, 3.63) is 90.0 Å². The molecule has 0 unspecified atom stereocenters. The fourth-order valence-electron chi connectivity index (χ4n) is 2.35. The molecule has 0 radical (unpaired) electrons. The molecule has 3 aromatic rings. The Bertz CT molecular complexity index is 713. The van der Waals surface area contributed by atoms with Crippen molar-refractivity contribution in [1.29, 1.82) is 0 Å². The van der Waals surface area contributed by atoms with Gasteiger partial charge in [0.25, 0.3) is 0 Å². The van der Waals surface area contributed by atoms with Crippen LogP contribution in [0.1, 0.15) is 45.2 Å². The van der Waals surface area contributed by atoms with Crippen LogP contribution in [-0.4, -0.2) is 15.3 Å². The molecule has 0 aliphatic carbocycles. The minimum Gasteiger partial charge on any atom is -0.508 e. The van der Waals surface area contributed by atoms with Gasteiger partial charge in [0.2, 0.25) is 0 Å². The monoisotopic (exact) mass is 366 g/mol. The molecule has 3 nitrogen and oxygen atoms in total. The van der Waals surface area contributed by atoms with E-state index in [1.165, 1.54) is 6.42 Å². The van der Waals surface area contributed by atoms with E-state index < -0.39 is 0 Å². The Labute approximate surface area is 162 Å². The maximum absolute atomic E-state index is 9.30. The van der Waals surface area contributed by atoms with Gasteiger partial charge in [-0.3, -0.25) is 0 Å². The summed E-state index contributed by atoms with van der Waals surface area (Å²) in [5.74, 6) is 0.869. The molecule has 0 saturated carbocycles. The molecule has 3 rings (SSSR count). The van der Waals surface area contributed by atoms with Gasteiger partial charge in [-0.25, -0.2) is 0 Å². The summed E-state index contributed by atoms with van der Waals surface area (Å²) in [6.45, 7) is 8.48. The topological polar surface area (TPSA) is 60.7 Å². The molecule has 0 aromatic heterocycles. The Morgan fingerprint density at radius 2 is 0.852 bits per heavy atom. The van der Waals surface area contributed by atoms with Crippen molar-refractivity contribution in [2.75, 3.05) is 0 Å². The summed E-state index contributed by atoms with van der Waals surface area (Å²) in [5, 5.41) is 27.2. The van der Waals surface area contributed by atoms with Crippen molar-refractivity contribution in [1.82, 2.24) is 0 Å². The van der Waals surface area contributed by atoms with Crippen molar-refractivity contribution < 1.29 is 15.3 Å². The first-order chi connectivity index (χ1) is 12.8. The minimum atomic E-state index is -0.151. The molecule has 0 saturated heterocycles. The van der Waals surface area contributed by atoms with Crippen LogP contribution in [0.15, 0.2) is 78.9 Å². The van der Waals surface area contributed by atoms with E-state index in [0.717, 1.165) is 11.1 Å². The van der Waals surface area contributed by atoms with Gasteiger partial charge in [-0.2, -0.15) is 0 Å². The third kappa shape index (κ3) is 7.45. The second-order valence-electron chi connectivity index (χ2n) is 6.76. The van der Waals surface area contributed by atoms with Crippen molar-refractivity contribution >= 4 is 0 Å². The summed E-state index contributed by atoms with van der Waals surface area (Å²) in [4.78, 5) is 0. The van der Waals surface area contributed by atoms with Crippen molar-refractivity contribution in [2.24, 2.45) is 0 Å². The second-order valence-corrected chi connectivity index (χ2v) is 6.76. The van der Waals surface area contributed by atoms with E-state index in [9.17, 15) is 10.2 Å². The van der Waals surface area contributed by atoms with Crippen LogP contribution in [0.5, 0.6) is 17.2 Å². The van der Waals surface area contributed by atoms with Crippen LogP contribution >= 0.6 is 0 Å². The number of hydrogen-bond donors (Lipinski definition) is 3. The number of hydrogen-bond acceptors (Lipinski definition) is 3. The first-order valence-electron chi connectivity index (χ1n) is 9.14. The average molecular weight is 367 g/mol. The van der Waals surface area contributed by atoms with Crippen LogP contribution in [0.4, 0.5) is 0 Å². The van der Waals surface area contributed by atoms with Crippen LogP contribution in [0.3, 0.4) is 0 Å². The van der Waals surface area contributed by atoms with Gasteiger partial charge in [-0.05, 0) is 47.5 Å². The van der Waals surface area contributed by atoms with Crippen molar-refractivity contribution in [2.45, 2.75) is 39.5 Å². The summed E-state index contributed by atoms with van der Waals surface area (Å²) < 4.78 is 0. The van der Waals surface area contributed by atoms with Crippen LogP contribution in [-0.2, 0) is 5.41 Å². The van der Waals surface area contributed by atoms with E-state index >= 15 is 0 Å². The molecule has 27 heavy (non-hydrogen) atoms. The second kappa shape index (κ2) is 10.9. The molecule has 144 valence electrons. The Morgan fingerprint density at radius 1 is 0.556 bits per heavy atom. The van der Waals surface area contributed by atoms with E-state index in [1.54, 1.807) is 48.5 Å². The summed E-state index contributed by atoms with van der Waals surface area (Å²) in [5.41, 5.74) is 2.10. The van der Waals surface area contributed by atoms with Gasteiger partial charge in [0.15, 0.2) is 0 Å². The zero-order valence-corrected chi connectivity index (χ0v) is 16.6. The number of aromatic hydroxyl groups is 3. The van der Waals surface area contributed by atoms with Gasteiger partial charge in [-0.15, -0.1) is 0 Å². The van der Waals surface area contributed by atoms with Gasteiger partial charge in [0, 0.05) is 5.41 Å². The van der Waals surface area contributed by atoms with Gasteiger partial charge in [0.1, 0.15) is 17.2 Å². The normalized spacial score (nSPS) is 10.1. The van der Waals surface area contributed by atoms with Crippen molar-refractivity contribution in [3.8, 4) is 17.2 Å². The summed E-state index contributed by atoms with van der Waals surface area (Å²) in [7, 11) is 0. The standard InChI is InChI=1S/C15H16O2.C6H6O.C3H8/c1-15(2,11-3-7-13(16)8-4-11)12-5-9-14(17)10-6-12;7-6-4-2-1-3-5-6;1-3-2/h3-10,16-17H,1-2H3;1-5,7H;3H2,1-2H3. The SMILES string of the molecule is CC(C)(c1ccc(O)cc1)c1ccc(O)cc1.CCC.Oc1ccccc1. The van der Waals surface area contributed by atoms with Crippen LogP contribution in [0, 0.1) is 0 Å². The predicted octanol–water partition coefficient (Wildman–Crippen LogP) is 6.23. The number of phenols is 3. The van der Waals surface area contributed by atoms with E-state index in [2.05, 4.69) is 27.7 Å². The lowest BCUT2D eigenvalue weighted by Crippen LogP contribution is -2.18. The lowest BCUT2D eigenvalue weighted by atomic mass is 9.78. The highest BCUT2D eigenvalue weighted by molar-refractivity contribution is 5.41. The highest BCUT2D eigenvalue weighted by Gasteiger charge is 2.22. The Morgan fingerprint density at radius 3 is 1.11 bits per heavy atom. The molecule has 0 amide bonds. The van der Waals surface area contributed by atoms with Crippen LogP contribution in [0.25, 0.3) is 0 Å².